The normalized spacial score (nSPS) is 16.4. The highest BCUT2D eigenvalue weighted by atomic mass is 16.3. The Balaban J connectivity index is 2.28. The molecular weight excluding hydrogens is 226 g/mol. The van der Waals surface area contributed by atoms with Gasteiger partial charge in [0.25, 0.3) is 0 Å². The molecule has 1 heterocycles. The van der Waals surface area contributed by atoms with Crippen LogP contribution in [0.25, 0.3) is 11.0 Å². The van der Waals surface area contributed by atoms with Crippen LogP contribution < -0.4 is 5.73 Å². The molecule has 3 N–H and O–H groups in total. The van der Waals surface area contributed by atoms with Gasteiger partial charge in [-0.1, -0.05) is 13.8 Å². The summed E-state index contributed by atoms with van der Waals surface area (Å²) in [5, 5.41) is 9.58. The number of hydrogen-bond acceptors (Lipinski definition) is 3. The number of imidazole rings is 1. The van der Waals surface area contributed by atoms with E-state index in [0.717, 1.165) is 22.5 Å². The van der Waals surface area contributed by atoms with E-state index in [2.05, 4.69) is 4.57 Å². The maximum Gasteiger partial charge on any atom is 0.118 e. The minimum atomic E-state index is -0.323. The highest BCUT2D eigenvalue weighted by Gasteiger charge is 2.34. The zero-order valence-electron chi connectivity index (χ0n) is 10.8. The van der Waals surface area contributed by atoms with Gasteiger partial charge in [0.05, 0.1) is 17.6 Å². The molecule has 1 aromatic heterocycles. The molecule has 0 atom stereocenters. The lowest BCUT2D eigenvalue weighted by Crippen LogP contribution is -2.26. The van der Waals surface area contributed by atoms with Crippen molar-refractivity contribution < 1.29 is 5.11 Å². The lowest BCUT2D eigenvalue weighted by atomic mass is 9.93. The van der Waals surface area contributed by atoms with Gasteiger partial charge in [0.15, 0.2) is 0 Å². The molecule has 0 spiro atoms. The fourth-order valence-corrected chi connectivity index (χ4v) is 2.36. The Morgan fingerprint density at radius 2 is 2.17 bits per heavy atom. The van der Waals surface area contributed by atoms with Crippen LogP contribution in [0.3, 0.4) is 0 Å². The summed E-state index contributed by atoms with van der Waals surface area (Å²) < 4.78 is 2.27. The van der Waals surface area contributed by atoms with E-state index in [0.29, 0.717) is 6.04 Å². The van der Waals surface area contributed by atoms with Gasteiger partial charge in [-0.25, -0.2) is 4.98 Å². The van der Waals surface area contributed by atoms with Crippen LogP contribution in [0.15, 0.2) is 18.2 Å². The minimum absolute atomic E-state index is 0.0958. The number of aliphatic hydroxyl groups excluding tert-OH is 1. The summed E-state index contributed by atoms with van der Waals surface area (Å²) in [6, 6.07) is 6.35. The number of benzene rings is 1. The van der Waals surface area contributed by atoms with Crippen LogP contribution in [0.4, 0.5) is 5.69 Å². The third-order valence-corrected chi connectivity index (χ3v) is 3.63. The predicted molar refractivity (Wildman–Crippen MR) is 72.5 cm³/mol. The monoisotopic (exact) mass is 245 g/mol. The second-order valence-corrected chi connectivity index (χ2v) is 5.83. The summed E-state index contributed by atoms with van der Waals surface area (Å²) in [6.07, 6.45) is 2.38. The first-order chi connectivity index (χ1) is 8.53. The molecule has 0 radical (unpaired) electrons. The van der Waals surface area contributed by atoms with Crippen LogP contribution in [0.5, 0.6) is 0 Å². The zero-order valence-corrected chi connectivity index (χ0v) is 10.8. The Bertz CT molecular complexity index is 596. The van der Waals surface area contributed by atoms with Crippen LogP contribution in [0, 0.1) is 0 Å². The molecule has 4 nitrogen and oxygen atoms in total. The standard InChI is InChI=1S/C14H19N3O/c1-14(2,8-18)13-16-11-6-3-9(15)7-12(11)17(13)10-4-5-10/h3,6-7,10,18H,4-5,8,15H2,1-2H3. The summed E-state index contributed by atoms with van der Waals surface area (Å²) in [7, 11) is 0. The van der Waals surface area contributed by atoms with Crippen LogP contribution in [0.1, 0.15) is 38.6 Å². The van der Waals surface area contributed by atoms with E-state index in [-0.39, 0.29) is 12.0 Å². The van der Waals surface area contributed by atoms with E-state index in [1.165, 1.54) is 12.8 Å². The number of anilines is 1. The number of fused-ring (bicyclic) bond motifs is 1. The average Bonchev–Trinajstić information content (AvgIpc) is 3.10. The van der Waals surface area contributed by atoms with E-state index >= 15 is 0 Å². The lowest BCUT2D eigenvalue weighted by molar-refractivity contribution is 0.208. The van der Waals surface area contributed by atoms with E-state index in [1.807, 2.05) is 32.0 Å². The lowest BCUT2D eigenvalue weighted by Gasteiger charge is -2.22. The van der Waals surface area contributed by atoms with Gasteiger partial charge in [-0.15, -0.1) is 0 Å². The largest absolute Gasteiger partial charge is 0.399 e. The quantitative estimate of drug-likeness (QED) is 0.815. The first-order valence-corrected chi connectivity index (χ1v) is 6.42. The van der Waals surface area contributed by atoms with E-state index in [9.17, 15) is 5.11 Å². The Kier molecular flexibility index (Phi) is 2.38. The first-order valence-electron chi connectivity index (χ1n) is 6.42. The van der Waals surface area contributed by atoms with Crippen LogP contribution in [0.2, 0.25) is 0 Å². The maximum atomic E-state index is 9.58. The van der Waals surface area contributed by atoms with Crippen molar-refractivity contribution in [2.45, 2.75) is 38.1 Å². The van der Waals surface area contributed by atoms with Gasteiger partial charge in [-0.2, -0.15) is 0 Å². The van der Waals surface area contributed by atoms with E-state index in [4.69, 9.17) is 10.7 Å². The Morgan fingerprint density at radius 1 is 1.44 bits per heavy atom. The predicted octanol–water partition coefficient (Wildman–Crippen LogP) is 2.22. The van der Waals surface area contributed by atoms with Gasteiger partial charge in [0.1, 0.15) is 5.82 Å². The molecule has 18 heavy (non-hydrogen) atoms. The van der Waals surface area contributed by atoms with Crippen molar-refractivity contribution >= 4 is 16.7 Å². The maximum absolute atomic E-state index is 9.58. The van der Waals surface area contributed by atoms with Gasteiger partial charge >= 0.3 is 0 Å². The molecule has 0 unspecified atom stereocenters. The number of aliphatic hydroxyl groups is 1. The summed E-state index contributed by atoms with van der Waals surface area (Å²) >= 11 is 0. The molecule has 1 aliphatic rings. The molecule has 4 heteroatoms. The molecule has 2 aromatic rings. The van der Waals surface area contributed by atoms with Gasteiger partial charge < -0.3 is 15.4 Å². The molecule has 1 fully saturated rings. The average molecular weight is 245 g/mol. The molecule has 1 saturated carbocycles. The number of nitrogen functional groups attached to an aromatic ring is 1. The molecule has 0 saturated heterocycles. The van der Waals surface area contributed by atoms with Crippen LogP contribution >= 0.6 is 0 Å². The molecule has 0 aliphatic heterocycles. The minimum Gasteiger partial charge on any atom is -0.399 e. The van der Waals surface area contributed by atoms with Crippen LogP contribution in [-0.2, 0) is 5.41 Å². The number of nitrogens with zero attached hydrogens (tertiary/aromatic N) is 2. The summed E-state index contributed by atoms with van der Waals surface area (Å²) in [6.45, 7) is 4.14. The smallest absolute Gasteiger partial charge is 0.118 e. The molecule has 3 rings (SSSR count). The summed E-state index contributed by atoms with van der Waals surface area (Å²) in [5.41, 5.74) is 8.37. The fourth-order valence-electron chi connectivity index (χ4n) is 2.36. The molecular formula is C14H19N3O. The van der Waals surface area contributed by atoms with E-state index < -0.39 is 0 Å². The SMILES string of the molecule is CC(C)(CO)c1nc2ccc(N)cc2n1C1CC1. The zero-order chi connectivity index (χ0) is 12.9. The number of aromatic nitrogens is 2. The molecule has 0 bridgehead atoms. The highest BCUT2D eigenvalue weighted by molar-refractivity contribution is 5.80. The second-order valence-electron chi connectivity index (χ2n) is 5.83. The number of rotatable bonds is 3. The van der Waals surface area contributed by atoms with Crippen molar-refractivity contribution in [3.05, 3.63) is 24.0 Å². The third kappa shape index (κ3) is 1.68. The highest BCUT2D eigenvalue weighted by Crippen LogP contribution is 2.41. The van der Waals surface area contributed by atoms with Crippen molar-refractivity contribution in [2.24, 2.45) is 0 Å². The molecule has 1 aromatic carbocycles. The van der Waals surface area contributed by atoms with Gasteiger partial charge in [0.2, 0.25) is 0 Å². The van der Waals surface area contributed by atoms with E-state index in [1.54, 1.807) is 0 Å². The van der Waals surface area contributed by atoms with Gasteiger partial charge in [-0.3, -0.25) is 0 Å². The van der Waals surface area contributed by atoms with Crippen molar-refractivity contribution in [2.75, 3.05) is 12.3 Å². The fraction of sp³-hybridized carbons (Fsp3) is 0.500. The molecule has 0 amide bonds. The topological polar surface area (TPSA) is 64.1 Å². The Morgan fingerprint density at radius 3 is 2.78 bits per heavy atom. The first kappa shape index (κ1) is 11.5. The second kappa shape index (κ2) is 3.72. The third-order valence-electron chi connectivity index (χ3n) is 3.63. The van der Waals surface area contributed by atoms with Crippen LogP contribution in [-0.4, -0.2) is 21.3 Å². The summed E-state index contributed by atoms with van der Waals surface area (Å²) in [5.74, 6) is 0.966. The van der Waals surface area contributed by atoms with Crippen molar-refractivity contribution in [3.63, 3.8) is 0 Å². The Labute approximate surface area is 106 Å². The van der Waals surface area contributed by atoms with Crippen molar-refractivity contribution in [3.8, 4) is 0 Å². The molecule has 1 aliphatic carbocycles. The van der Waals surface area contributed by atoms with Crippen molar-refractivity contribution in [1.82, 2.24) is 9.55 Å². The van der Waals surface area contributed by atoms with Gasteiger partial charge in [-0.05, 0) is 31.0 Å². The number of hydrogen-bond donors (Lipinski definition) is 2. The Hall–Kier alpha value is -1.55. The van der Waals surface area contributed by atoms with Crippen molar-refractivity contribution in [1.29, 1.82) is 0 Å². The number of nitrogens with two attached hydrogens (primary N) is 1. The molecule has 96 valence electrons. The van der Waals surface area contributed by atoms with Gasteiger partial charge in [0, 0.05) is 17.1 Å². The summed E-state index contributed by atoms with van der Waals surface area (Å²) in [4.78, 5) is 4.70.